The summed E-state index contributed by atoms with van der Waals surface area (Å²) in [5, 5.41) is 2.44. The number of hydrogen-bond donors (Lipinski definition) is 0. The Bertz CT molecular complexity index is 1210. The van der Waals surface area contributed by atoms with Crippen molar-refractivity contribution in [2.45, 2.75) is 26.7 Å². The number of ether oxygens (including phenoxy) is 3. The molecule has 0 fully saturated rings. The molecule has 0 saturated carbocycles. The van der Waals surface area contributed by atoms with Gasteiger partial charge in [-0.15, -0.1) is 0 Å². The molecule has 0 atom stereocenters. The first-order valence-corrected chi connectivity index (χ1v) is 11.1. The maximum Gasteiger partial charge on any atom is 0.363 e. The molecule has 0 N–H and O–H groups in total. The van der Waals surface area contributed by atoms with Crippen LogP contribution in [0.1, 0.15) is 37.8 Å². The zero-order chi connectivity index (χ0) is 22.5. The third-order valence-electron chi connectivity index (χ3n) is 5.02. The van der Waals surface area contributed by atoms with E-state index in [0.717, 1.165) is 29.2 Å². The fourth-order valence-electron chi connectivity index (χ4n) is 3.49. The molecule has 1 aliphatic heterocycles. The molecular weight excluding hydrogens is 426 g/mol. The van der Waals surface area contributed by atoms with Crippen molar-refractivity contribution in [2.75, 3.05) is 13.2 Å². The van der Waals surface area contributed by atoms with E-state index in [-0.39, 0.29) is 11.6 Å². The number of unbranched alkanes of at least 4 members (excludes halogenated alkanes) is 1. The molecule has 5 nitrogen and oxygen atoms in total. The Hall–Kier alpha value is -3.31. The highest BCUT2D eigenvalue weighted by molar-refractivity contribution is 6.32. The van der Waals surface area contributed by atoms with Gasteiger partial charge in [-0.25, -0.2) is 9.79 Å². The highest BCUT2D eigenvalue weighted by Crippen LogP contribution is 2.38. The lowest BCUT2D eigenvalue weighted by molar-refractivity contribution is -0.129. The number of halogens is 1. The first kappa shape index (κ1) is 21.9. The Morgan fingerprint density at radius 3 is 2.69 bits per heavy atom. The van der Waals surface area contributed by atoms with Gasteiger partial charge in [0.25, 0.3) is 0 Å². The van der Waals surface area contributed by atoms with E-state index in [1.165, 1.54) is 0 Å². The standard InChI is InChI=1S/C26H24ClNO4/c1-3-5-13-31-24-21(27)14-17(16-23(24)30-4-2)15-22-26(29)32-25(28-22)20-12-8-10-18-9-6-7-11-19(18)20/h6-12,14-16H,3-5,13H2,1-2H3/b22-15-. The monoisotopic (exact) mass is 449 g/mol. The van der Waals surface area contributed by atoms with Crippen molar-refractivity contribution in [1.82, 2.24) is 0 Å². The van der Waals surface area contributed by atoms with Crippen LogP contribution in [0.3, 0.4) is 0 Å². The molecule has 164 valence electrons. The lowest BCUT2D eigenvalue weighted by Gasteiger charge is -2.14. The molecule has 3 aromatic carbocycles. The van der Waals surface area contributed by atoms with Gasteiger partial charge in [-0.05, 0) is 54.0 Å². The maximum absolute atomic E-state index is 12.5. The van der Waals surface area contributed by atoms with E-state index in [9.17, 15) is 4.79 Å². The molecule has 32 heavy (non-hydrogen) atoms. The van der Waals surface area contributed by atoms with Gasteiger partial charge >= 0.3 is 5.97 Å². The fraction of sp³-hybridized carbons (Fsp3) is 0.231. The van der Waals surface area contributed by atoms with Crippen LogP contribution in [0.5, 0.6) is 11.5 Å². The molecule has 4 rings (SSSR count). The van der Waals surface area contributed by atoms with Crippen LogP contribution in [-0.2, 0) is 9.53 Å². The quantitative estimate of drug-likeness (QED) is 0.226. The summed E-state index contributed by atoms with van der Waals surface area (Å²) in [7, 11) is 0. The van der Waals surface area contributed by atoms with Crippen LogP contribution in [0.4, 0.5) is 0 Å². The third-order valence-corrected chi connectivity index (χ3v) is 5.30. The van der Waals surface area contributed by atoms with Crippen LogP contribution < -0.4 is 9.47 Å². The average Bonchev–Trinajstić information content (AvgIpc) is 3.15. The lowest BCUT2D eigenvalue weighted by atomic mass is 10.0. The molecular formula is C26H24ClNO4. The number of fused-ring (bicyclic) bond motifs is 1. The number of cyclic esters (lactones) is 1. The molecule has 0 saturated heterocycles. The predicted octanol–water partition coefficient (Wildman–Crippen LogP) is 6.42. The van der Waals surface area contributed by atoms with E-state index < -0.39 is 5.97 Å². The minimum absolute atomic E-state index is 0.200. The topological polar surface area (TPSA) is 57.1 Å². The maximum atomic E-state index is 12.5. The van der Waals surface area contributed by atoms with E-state index in [1.54, 1.807) is 18.2 Å². The number of benzene rings is 3. The van der Waals surface area contributed by atoms with E-state index >= 15 is 0 Å². The normalized spacial score (nSPS) is 14.5. The minimum atomic E-state index is -0.509. The summed E-state index contributed by atoms with van der Waals surface area (Å²) < 4.78 is 17.0. The Kier molecular flexibility index (Phi) is 6.76. The van der Waals surface area contributed by atoms with E-state index in [2.05, 4.69) is 11.9 Å². The Balaban J connectivity index is 1.68. The average molecular weight is 450 g/mol. The largest absolute Gasteiger partial charge is 0.490 e. The first-order chi connectivity index (χ1) is 15.6. The molecule has 0 radical (unpaired) electrons. The van der Waals surface area contributed by atoms with Gasteiger partial charge in [-0.1, -0.05) is 61.3 Å². The van der Waals surface area contributed by atoms with Crippen molar-refractivity contribution < 1.29 is 19.0 Å². The highest BCUT2D eigenvalue weighted by atomic mass is 35.5. The number of aliphatic imine (C=N–C) groups is 1. The SMILES string of the molecule is CCCCOc1c(Cl)cc(/C=C2\N=C(c3cccc4ccccc34)OC2=O)cc1OCC. The molecule has 0 aliphatic carbocycles. The number of hydrogen-bond acceptors (Lipinski definition) is 5. The predicted molar refractivity (Wildman–Crippen MR) is 128 cm³/mol. The fourth-order valence-corrected chi connectivity index (χ4v) is 3.76. The van der Waals surface area contributed by atoms with Crippen molar-refractivity contribution in [3.8, 4) is 11.5 Å². The van der Waals surface area contributed by atoms with E-state index in [4.69, 9.17) is 25.8 Å². The van der Waals surface area contributed by atoms with Crippen LogP contribution in [0, 0.1) is 0 Å². The third kappa shape index (κ3) is 4.63. The molecule has 0 aromatic heterocycles. The molecule has 0 spiro atoms. The molecule has 0 amide bonds. The number of nitrogens with zero attached hydrogens (tertiary/aromatic N) is 1. The van der Waals surface area contributed by atoms with Gasteiger partial charge in [-0.2, -0.15) is 0 Å². The molecule has 1 aliphatic rings. The lowest BCUT2D eigenvalue weighted by Crippen LogP contribution is -2.06. The smallest absolute Gasteiger partial charge is 0.363 e. The zero-order valence-electron chi connectivity index (χ0n) is 18.1. The number of rotatable bonds is 8. The van der Waals surface area contributed by atoms with Crippen molar-refractivity contribution in [2.24, 2.45) is 4.99 Å². The van der Waals surface area contributed by atoms with Crippen LogP contribution in [0.2, 0.25) is 5.02 Å². The number of carbonyl (C=O) groups excluding carboxylic acids is 1. The van der Waals surface area contributed by atoms with Gasteiger partial charge < -0.3 is 14.2 Å². The molecule has 0 unspecified atom stereocenters. The highest BCUT2D eigenvalue weighted by Gasteiger charge is 2.25. The zero-order valence-corrected chi connectivity index (χ0v) is 18.8. The molecule has 6 heteroatoms. The summed E-state index contributed by atoms with van der Waals surface area (Å²) in [4.78, 5) is 17.0. The Morgan fingerprint density at radius 2 is 1.88 bits per heavy atom. The summed E-state index contributed by atoms with van der Waals surface area (Å²) in [6.45, 7) is 5.01. The van der Waals surface area contributed by atoms with Gasteiger partial charge in [0, 0.05) is 5.56 Å². The minimum Gasteiger partial charge on any atom is -0.490 e. The number of carbonyl (C=O) groups is 1. The summed E-state index contributed by atoms with van der Waals surface area (Å²) in [6.07, 6.45) is 3.58. The van der Waals surface area contributed by atoms with E-state index in [0.29, 0.717) is 35.3 Å². The Morgan fingerprint density at radius 1 is 1.06 bits per heavy atom. The van der Waals surface area contributed by atoms with Crippen molar-refractivity contribution in [1.29, 1.82) is 0 Å². The van der Waals surface area contributed by atoms with Gasteiger partial charge in [0.15, 0.2) is 17.2 Å². The van der Waals surface area contributed by atoms with Crippen molar-refractivity contribution in [3.63, 3.8) is 0 Å². The second kappa shape index (κ2) is 9.88. The second-order valence-corrected chi connectivity index (χ2v) is 7.73. The summed E-state index contributed by atoms with van der Waals surface area (Å²) in [5.41, 5.74) is 1.65. The van der Waals surface area contributed by atoms with Crippen molar-refractivity contribution >= 4 is 40.3 Å². The number of esters is 1. The first-order valence-electron chi connectivity index (χ1n) is 10.7. The van der Waals surface area contributed by atoms with Crippen LogP contribution in [-0.4, -0.2) is 25.1 Å². The van der Waals surface area contributed by atoms with E-state index in [1.807, 2.05) is 49.4 Å². The second-order valence-electron chi connectivity index (χ2n) is 7.33. The van der Waals surface area contributed by atoms with Crippen LogP contribution in [0.15, 0.2) is 65.3 Å². The Labute approximate surface area is 192 Å². The summed E-state index contributed by atoms with van der Waals surface area (Å²) in [5.74, 6) is 0.824. The summed E-state index contributed by atoms with van der Waals surface area (Å²) >= 11 is 6.47. The van der Waals surface area contributed by atoms with Gasteiger partial charge in [-0.3, -0.25) is 0 Å². The molecule has 3 aromatic rings. The van der Waals surface area contributed by atoms with Crippen molar-refractivity contribution in [3.05, 3.63) is 76.4 Å². The summed E-state index contributed by atoms with van der Waals surface area (Å²) in [6, 6.07) is 17.2. The van der Waals surface area contributed by atoms with Gasteiger partial charge in [0.2, 0.25) is 5.90 Å². The molecule has 1 heterocycles. The van der Waals surface area contributed by atoms with Crippen LogP contribution in [0.25, 0.3) is 16.8 Å². The van der Waals surface area contributed by atoms with Gasteiger partial charge in [0.1, 0.15) is 0 Å². The van der Waals surface area contributed by atoms with Crippen LogP contribution >= 0.6 is 11.6 Å². The molecule has 0 bridgehead atoms. The van der Waals surface area contributed by atoms with Gasteiger partial charge in [0.05, 0.1) is 18.2 Å².